The molecule has 2 aliphatic rings. The van der Waals surface area contributed by atoms with E-state index in [9.17, 15) is 0 Å². The predicted octanol–water partition coefficient (Wildman–Crippen LogP) is 17.7. The highest BCUT2D eigenvalue weighted by atomic mass is 32.1. The van der Waals surface area contributed by atoms with E-state index in [1.807, 2.05) is 11.3 Å². The zero-order valence-corrected chi connectivity index (χ0v) is 38.5. The molecule has 3 heteroatoms. The van der Waals surface area contributed by atoms with Crippen LogP contribution in [-0.2, 0) is 6.42 Å². The van der Waals surface area contributed by atoms with Crippen LogP contribution in [0.15, 0.2) is 228 Å². The summed E-state index contributed by atoms with van der Waals surface area (Å²) in [5.41, 5.74) is 11.2. The van der Waals surface area contributed by atoms with Crippen molar-refractivity contribution in [2.75, 3.05) is 0 Å². The molecule has 0 saturated heterocycles. The van der Waals surface area contributed by atoms with Gasteiger partial charge in [-0.15, -0.1) is 11.3 Å². The highest BCUT2D eigenvalue weighted by Gasteiger charge is 2.33. The van der Waals surface area contributed by atoms with Gasteiger partial charge in [-0.3, -0.25) is 4.99 Å². The fraction of sp³-hybridized carbons (Fsp3) is 0.0606. The minimum atomic E-state index is -0.154. The number of aliphatic imine (C=N–C) groups is 2. The van der Waals surface area contributed by atoms with Crippen molar-refractivity contribution in [3.63, 3.8) is 0 Å². The fourth-order valence-corrected chi connectivity index (χ4v) is 13.2. The van der Waals surface area contributed by atoms with E-state index in [2.05, 4.69) is 218 Å². The smallest absolute Gasteiger partial charge is 0.156 e. The Labute approximate surface area is 403 Å². The van der Waals surface area contributed by atoms with Crippen LogP contribution in [0, 0.1) is 0 Å². The van der Waals surface area contributed by atoms with Crippen LogP contribution in [0.1, 0.15) is 51.8 Å². The van der Waals surface area contributed by atoms with Crippen LogP contribution in [0.5, 0.6) is 0 Å². The first-order valence-corrected chi connectivity index (χ1v) is 25.0. The van der Waals surface area contributed by atoms with E-state index in [0.29, 0.717) is 6.42 Å². The van der Waals surface area contributed by atoms with Gasteiger partial charge in [0.2, 0.25) is 0 Å². The Morgan fingerprint density at radius 3 is 1.72 bits per heavy atom. The molecule has 0 N–H and O–H groups in total. The molecule has 322 valence electrons. The van der Waals surface area contributed by atoms with Gasteiger partial charge in [-0.05, 0) is 140 Å². The van der Waals surface area contributed by atoms with Crippen molar-refractivity contribution in [3.05, 3.63) is 252 Å². The molecule has 69 heavy (non-hydrogen) atoms. The lowest BCUT2D eigenvalue weighted by Crippen LogP contribution is -2.21. The Kier molecular flexibility index (Phi) is 8.52. The topological polar surface area (TPSA) is 24.7 Å². The lowest BCUT2D eigenvalue weighted by molar-refractivity contribution is 0.752. The van der Waals surface area contributed by atoms with Gasteiger partial charge in [-0.1, -0.05) is 188 Å². The van der Waals surface area contributed by atoms with Crippen LogP contribution in [0.25, 0.3) is 95.9 Å². The number of hydrogen-bond acceptors (Lipinski definition) is 3. The second-order valence-corrected chi connectivity index (χ2v) is 20.2. The second kappa shape index (κ2) is 15.1. The second-order valence-electron chi connectivity index (χ2n) is 19.1. The molecule has 0 spiro atoms. The Morgan fingerprint density at radius 1 is 0.391 bits per heavy atom. The first-order chi connectivity index (χ1) is 34.2. The molecule has 2 atom stereocenters. The SMILES string of the molecule is c1ccc2cc3c(cc2c1)CC(c1ccc2sc4ccccc4c2c1C1=N[C@@H](c2ccc4c(ccc5ccccc54)c2)CC(c2ccc4c(ccc5ccccc54)c2)=N1)c1ccc2ccccc2c1-3. The van der Waals surface area contributed by atoms with E-state index in [1.165, 1.54) is 118 Å². The highest BCUT2D eigenvalue weighted by Crippen LogP contribution is 2.50. The Morgan fingerprint density at radius 2 is 0.957 bits per heavy atom. The van der Waals surface area contributed by atoms with Crippen LogP contribution >= 0.6 is 11.3 Å². The van der Waals surface area contributed by atoms with Gasteiger partial charge in [0.25, 0.3) is 0 Å². The standard InChI is InChI=1S/C66H42N2S/c1-2-15-43-36-57-48(33-42(43)14-1)37-58(54-30-25-41-13-5-8-18-53(41)63(54)57)55-31-32-62-64(56-19-9-10-20-61(56)69-62)65(55)66-67-59(46-26-28-51-44(34-46)23-21-39-11-3-6-16-49(39)51)38-60(68-66)47-27-29-52-45(35-47)24-22-40-12-4-7-17-50(40)52/h1-36,58-59H,37-38H2/t58?,59-/m1/s1. The Balaban J connectivity index is 0.993. The van der Waals surface area contributed by atoms with Gasteiger partial charge < -0.3 is 0 Å². The van der Waals surface area contributed by atoms with Gasteiger partial charge in [-0.2, -0.15) is 0 Å². The van der Waals surface area contributed by atoms with Crippen molar-refractivity contribution in [1.29, 1.82) is 0 Å². The number of fused-ring (bicyclic) bond motifs is 15. The van der Waals surface area contributed by atoms with Crippen LogP contribution < -0.4 is 0 Å². The molecular weight excluding hydrogens is 853 g/mol. The third kappa shape index (κ3) is 6.10. The van der Waals surface area contributed by atoms with Crippen molar-refractivity contribution < 1.29 is 0 Å². The Hall–Kier alpha value is -8.24. The predicted molar refractivity (Wildman–Crippen MR) is 295 cm³/mol. The molecule has 0 bridgehead atoms. The van der Waals surface area contributed by atoms with Crippen molar-refractivity contribution in [2.24, 2.45) is 9.98 Å². The maximum atomic E-state index is 5.89. The molecule has 1 aromatic heterocycles. The molecule has 1 aliphatic carbocycles. The van der Waals surface area contributed by atoms with Crippen LogP contribution in [0.2, 0.25) is 0 Å². The summed E-state index contributed by atoms with van der Waals surface area (Å²) >= 11 is 1.87. The first kappa shape index (κ1) is 38.8. The highest BCUT2D eigenvalue weighted by molar-refractivity contribution is 7.25. The first-order valence-electron chi connectivity index (χ1n) is 24.1. The van der Waals surface area contributed by atoms with E-state index in [4.69, 9.17) is 9.98 Å². The van der Waals surface area contributed by atoms with Crippen LogP contribution in [-0.4, -0.2) is 11.5 Å². The molecule has 12 aromatic carbocycles. The van der Waals surface area contributed by atoms with E-state index in [-0.39, 0.29) is 12.0 Å². The number of hydrogen-bond donors (Lipinski definition) is 0. The third-order valence-corrected chi connectivity index (χ3v) is 16.4. The van der Waals surface area contributed by atoms with Gasteiger partial charge in [-0.25, -0.2) is 4.99 Å². The van der Waals surface area contributed by atoms with E-state index in [0.717, 1.165) is 29.1 Å². The van der Waals surface area contributed by atoms with Crippen molar-refractivity contribution in [2.45, 2.75) is 24.8 Å². The molecule has 1 unspecified atom stereocenters. The van der Waals surface area contributed by atoms with Crippen LogP contribution in [0.4, 0.5) is 0 Å². The lowest BCUT2D eigenvalue weighted by Gasteiger charge is -2.32. The number of nitrogens with zero attached hydrogens (tertiary/aromatic N) is 2. The summed E-state index contributed by atoms with van der Waals surface area (Å²) in [5, 5.41) is 17.6. The summed E-state index contributed by atoms with van der Waals surface area (Å²) in [5.74, 6) is 0.871. The van der Waals surface area contributed by atoms with Crippen molar-refractivity contribution >= 4 is 108 Å². The molecule has 0 amide bonds. The zero-order chi connectivity index (χ0) is 45.2. The summed E-state index contributed by atoms with van der Waals surface area (Å²) < 4.78 is 2.53. The third-order valence-electron chi connectivity index (χ3n) is 15.3. The van der Waals surface area contributed by atoms with E-state index in [1.54, 1.807) is 0 Å². The van der Waals surface area contributed by atoms with Crippen molar-refractivity contribution in [3.8, 4) is 11.1 Å². The summed E-state index contributed by atoms with van der Waals surface area (Å²) in [6, 6.07) is 81.4. The average molecular weight is 895 g/mol. The summed E-state index contributed by atoms with van der Waals surface area (Å²) in [7, 11) is 0. The minimum absolute atomic E-state index is 0.0564. The normalized spacial score (nSPS) is 15.9. The van der Waals surface area contributed by atoms with Crippen LogP contribution in [0.3, 0.4) is 0 Å². The zero-order valence-electron chi connectivity index (χ0n) is 37.7. The lowest BCUT2D eigenvalue weighted by atomic mass is 9.72. The summed E-state index contributed by atoms with van der Waals surface area (Å²) in [4.78, 5) is 11.7. The fourth-order valence-electron chi connectivity index (χ4n) is 12.0. The summed E-state index contributed by atoms with van der Waals surface area (Å²) in [6.07, 6.45) is 1.56. The van der Waals surface area contributed by atoms with Gasteiger partial charge >= 0.3 is 0 Å². The molecule has 0 radical (unpaired) electrons. The molecule has 0 fully saturated rings. The average Bonchev–Trinajstić information content (AvgIpc) is 3.80. The summed E-state index contributed by atoms with van der Waals surface area (Å²) in [6.45, 7) is 0. The molecule has 2 heterocycles. The number of rotatable bonds is 4. The number of benzene rings is 12. The van der Waals surface area contributed by atoms with Gasteiger partial charge in [0.1, 0.15) is 0 Å². The van der Waals surface area contributed by atoms with E-state index >= 15 is 0 Å². The monoisotopic (exact) mass is 894 g/mol. The molecule has 13 aromatic rings. The molecule has 1 aliphatic heterocycles. The molecule has 0 saturated carbocycles. The maximum absolute atomic E-state index is 5.89. The Bertz CT molecular complexity index is 4400. The molecular formula is C66H42N2S. The maximum Gasteiger partial charge on any atom is 0.156 e. The van der Waals surface area contributed by atoms with E-state index < -0.39 is 0 Å². The van der Waals surface area contributed by atoms with Crippen molar-refractivity contribution in [1.82, 2.24) is 0 Å². The molecule has 15 rings (SSSR count). The minimum Gasteiger partial charge on any atom is -0.258 e. The largest absolute Gasteiger partial charge is 0.258 e. The molecule has 2 nitrogen and oxygen atoms in total. The van der Waals surface area contributed by atoms with Gasteiger partial charge in [0.05, 0.1) is 11.8 Å². The quantitative estimate of drug-likeness (QED) is 0.157. The van der Waals surface area contributed by atoms with Gasteiger partial charge in [0.15, 0.2) is 5.84 Å². The number of thiophene rings is 1. The number of amidine groups is 1. The van der Waals surface area contributed by atoms with Gasteiger partial charge in [0, 0.05) is 38.1 Å².